The van der Waals surface area contributed by atoms with Crippen molar-refractivity contribution in [3.05, 3.63) is 41.9 Å². The Hall–Kier alpha value is -1.95. The number of sulfonamides is 1. The molecule has 0 amide bonds. The molecule has 1 heterocycles. The normalized spacial score (nSPS) is 19.0. The highest BCUT2D eigenvalue weighted by Crippen LogP contribution is 2.43. The summed E-state index contributed by atoms with van der Waals surface area (Å²) in [4.78, 5) is 10.1. The third-order valence-electron chi connectivity index (χ3n) is 6.76. The van der Waals surface area contributed by atoms with Gasteiger partial charge in [0, 0.05) is 24.4 Å². The fraction of sp³-hybridized carbons (Fsp3) is 0.583. The summed E-state index contributed by atoms with van der Waals surface area (Å²) in [5, 5.41) is 0. The van der Waals surface area contributed by atoms with Crippen molar-refractivity contribution < 1.29 is 8.42 Å². The highest BCUT2D eigenvalue weighted by molar-refractivity contribution is 7.92. The van der Waals surface area contributed by atoms with Crippen LogP contribution in [0.5, 0.6) is 0 Å². The molecule has 0 bridgehead atoms. The Morgan fingerprint density at radius 3 is 1.97 bits per heavy atom. The zero-order valence-corrected chi connectivity index (χ0v) is 19.0. The van der Waals surface area contributed by atoms with E-state index in [1.54, 1.807) is 7.05 Å². The molecule has 2 aromatic rings. The highest BCUT2D eigenvalue weighted by atomic mass is 32.2. The topological polar surface area (TPSA) is 63.2 Å². The van der Waals surface area contributed by atoms with Gasteiger partial charge in [-0.05, 0) is 31.2 Å². The Bertz CT molecular complexity index is 963. The van der Waals surface area contributed by atoms with Gasteiger partial charge in [0.15, 0.2) is 5.82 Å². The van der Waals surface area contributed by atoms with Crippen LogP contribution in [0, 0.1) is 0 Å². The van der Waals surface area contributed by atoms with Crippen molar-refractivity contribution in [1.29, 1.82) is 0 Å². The van der Waals surface area contributed by atoms with Crippen molar-refractivity contribution in [3.8, 4) is 11.1 Å². The lowest BCUT2D eigenvalue weighted by Crippen LogP contribution is -2.28. The lowest BCUT2D eigenvalue weighted by Gasteiger charge is -2.29. The van der Waals surface area contributed by atoms with E-state index >= 15 is 0 Å². The molecule has 6 heteroatoms. The third kappa shape index (κ3) is 4.53. The number of hydrogen-bond acceptors (Lipinski definition) is 4. The van der Waals surface area contributed by atoms with E-state index in [1.165, 1.54) is 49.1 Å². The number of nitrogens with zero attached hydrogens (tertiary/aromatic N) is 3. The summed E-state index contributed by atoms with van der Waals surface area (Å²) in [5.74, 6) is 2.09. The van der Waals surface area contributed by atoms with Crippen LogP contribution in [0.1, 0.15) is 87.6 Å². The van der Waals surface area contributed by atoms with E-state index in [4.69, 9.17) is 9.97 Å². The van der Waals surface area contributed by atoms with Gasteiger partial charge in [0.1, 0.15) is 5.82 Å². The minimum atomic E-state index is -3.44. The van der Waals surface area contributed by atoms with Crippen LogP contribution in [-0.4, -0.2) is 31.7 Å². The molecular formula is C24H33N3O2S. The van der Waals surface area contributed by atoms with Crippen molar-refractivity contribution in [1.82, 2.24) is 9.97 Å². The SMILES string of the molecule is CN(c1nc(C2CCCCC2)nc(C2CCCCC2)c1-c1ccccc1)S(C)(=O)=O. The molecule has 0 atom stereocenters. The maximum atomic E-state index is 12.6. The summed E-state index contributed by atoms with van der Waals surface area (Å²) < 4.78 is 26.5. The van der Waals surface area contributed by atoms with Crippen molar-refractivity contribution in [2.45, 2.75) is 76.0 Å². The van der Waals surface area contributed by atoms with Crippen LogP contribution in [0.15, 0.2) is 30.3 Å². The average Bonchev–Trinajstić information content (AvgIpc) is 2.79. The van der Waals surface area contributed by atoms with E-state index in [-0.39, 0.29) is 0 Å². The van der Waals surface area contributed by atoms with Gasteiger partial charge >= 0.3 is 0 Å². The van der Waals surface area contributed by atoms with E-state index in [0.29, 0.717) is 17.7 Å². The van der Waals surface area contributed by atoms with Crippen LogP contribution in [-0.2, 0) is 10.0 Å². The van der Waals surface area contributed by atoms with E-state index < -0.39 is 10.0 Å². The second-order valence-electron chi connectivity index (χ2n) is 8.93. The molecule has 30 heavy (non-hydrogen) atoms. The minimum Gasteiger partial charge on any atom is -0.256 e. The molecule has 2 fully saturated rings. The van der Waals surface area contributed by atoms with E-state index in [1.807, 2.05) is 30.3 Å². The zero-order chi connectivity index (χ0) is 21.1. The Labute approximate surface area is 181 Å². The fourth-order valence-electron chi connectivity index (χ4n) is 4.96. The van der Waals surface area contributed by atoms with Crippen LogP contribution < -0.4 is 4.31 Å². The van der Waals surface area contributed by atoms with Crippen LogP contribution in [0.2, 0.25) is 0 Å². The monoisotopic (exact) mass is 427 g/mol. The molecule has 0 saturated heterocycles. The Balaban J connectivity index is 1.94. The van der Waals surface area contributed by atoms with E-state index in [9.17, 15) is 8.42 Å². The van der Waals surface area contributed by atoms with Gasteiger partial charge in [-0.15, -0.1) is 0 Å². The molecule has 2 aliphatic rings. The van der Waals surface area contributed by atoms with Crippen molar-refractivity contribution in [2.24, 2.45) is 0 Å². The van der Waals surface area contributed by atoms with Gasteiger partial charge in [-0.2, -0.15) is 0 Å². The Morgan fingerprint density at radius 2 is 1.40 bits per heavy atom. The quantitative estimate of drug-likeness (QED) is 0.620. The first-order valence-corrected chi connectivity index (χ1v) is 13.2. The highest BCUT2D eigenvalue weighted by Gasteiger charge is 2.30. The molecule has 5 nitrogen and oxygen atoms in total. The second-order valence-corrected chi connectivity index (χ2v) is 10.9. The summed E-state index contributed by atoms with van der Waals surface area (Å²) in [7, 11) is -1.81. The zero-order valence-electron chi connectivity index (χ0n) is 18.2. The van der Waals surface area contributed by atoms with Gasteiger partial charge in [-0.25, -0.2) is 18.4 Å². The summed E-state index contributed by atoms with van der Waals surface area (Å²) >= 11 is 0. The number of anilines is 1. The third-order valence-corrected chi connectivity index (χ3v) is 7.92. The predicted octanol–water partition coefficient (Wildman–Crippen LogP) is 5.63. The molecule has 0 radical (unpaired) electrons. The minimum absolute atomic E-state index is 0.331. The van der Waals surface area contributed by atoms with Crippen molar-refractivity contribution in [2.75, 3.05) is 17.6 Å². The first kappa shape index (κ1) is 21.3. The molecule has 0 aliphatic heterocycles. The number of hydrogen-bond donors (Lipinski definition) is 0. The standard InChI is InChI=1S/C24H33N3O2S/c1-27(30(2,28)29)24-21(18-12-6-3-7-13-18)22(19-14-8-4-9-15-19)25-23(26-24)20-16-10-5-11-17-20/h3,6-7,12-13,19-20H,4-5,8-11,14-17H2,1-2H3. The second kappa shape index (κ2) is 9.04. The van der Waals surface area contributed by atoms with Gasteiger partial charge in [0.25, 0.3) is 0 Å². The van der Waals surface area contributed by atoms with Gasteiger partial charge in [-0.3, -0.25) is 4.31 Å². The van der Waals surface area contributed by atoms with E-state index in [2.05, 4.69) is 0 Å². The number of rotatable bonds is 5. The molecular weight excluding hydrogens is 394 g/mol. The molecule has 1 aromatic carbocycles. The smallest absolute Gasteiger partial charge is 0.233 e. The molecule has 162 valence electrons. The first-order valence-electron chi connectivity index (χ1n) is 11.4. The van der Waals surface area contributed by atoms with Gasteiger partial charge in [0.05, 0.1) is 11.9 Å². The van der Waals surface area contributed by atoms with Crippen molar-refractivity contribution >= 4 is 15.8 Å². The van der Waals surface area contributed by atoms with Crippen molar-refractivity contribution in [3.63, 3.8) is 0 Å². The molecule has 4 rings (SSSR count). The molecule has 1 aromatic heterocycles. The van der Waals surface area contributed by atoms with Crippen LogP contribution in [0.3, 0.4) is 0 Å². The van der Waals surface area contributed by atoms with Gasteiger partial charge < -0.3 is 0 Å². The number of benzene rings is 1. The van der Waals surface area contributed by atoms with Gasteiger partial charge in [0.2, 0.25) is 10.0 Å². The summed E-state index contributed by atoms with van der Waals surface area (Å²) in [6, 6.07) is 10.1. The number of aromatic nitrogens is 2. The lowest BCUT2D eigenvalue weighted by molar-refractivity contribution is 0.416. The summed E-state index contributed by atoms with van der Waals surface area (Å²) in [5.41, 5.74) is 2.95. The summed E-state index contributed by atoms with van der Waals surface area (Å²) in [6.07, 6.45) is 13.0. The van der Waals surface area contributed by atoms with Crippen LogP contribution in [0.25, 0.3) is 11.1 Å². The molecule has 0 spiro atoms. The Kier molecular flexibility index (Phi) is 6.42. The largest absolute Gasteiger partial charge is 0.256 e. The van der Waals surface area contributed by atoms with Gasteiger partial charge in [-0.1, -0.05) is 68.9 Å². The first-order chi connectivity index (χ1) is 14.4. The molecule has 2 saturated carbocycles. The van der Waals surface area contributed by atoms with E-state index in [0.717, 1.165) is 48.3 Å². The van der Waals surface area contributed by atoms with Crippen LogP contribution >= 0.6 is 0 Å². The molecule has 2 aliphatic carbocycles. The van der Waals surface area contributed by atoms with Crippen LogP contribution in [0.4, 0.5) is 5.82 Å². The fourth-order valence-corrected chi connectivity index (χ4v) is 5.41. The average molecular weight is 428 g/mol. The Morgan fingerprint density at radius 1 is 0.833 bits per heavy atom. The molecule has 0 N–H and O–H groups in total. The molecule has 0 unspecified atom stereocenters. The summed E-state index contributed by atoms with van der Waals surface area (Å²) in [6.45, 7) is 0. The maximum absolute atomic E-state index is 12.6. The maximum Gasteiger partial charge on any atom is 0.233 e. The predicted molar refractivity (Wildman–Crippen MR) is 122 cm³/mol. The lowest BCUT2D eigenvalue weighted by atomic mass is 9.83.